The van der Waals surface area contributed by atoms with Gasteiger partial charge < -0.3 is 25.3 Å². The molecule has 0 unspecified atom stereocenters. The molecule has 0 spiro atoms. The van der Waals surface area contributed by atoms with Crippen molar-refractivity contribution in [2.24, 2.45) is 10.7 Å². The molecule has 1 aliphatic rings. The molecule has 3 N–H and O–H groups in total. The van der Waals surface area contributed by atoms with Gasteiger partial charge in [0.05, 0.1) is 26.9 Å². The molecule has 0 amide bonds. The fourth-order valence-electron chi connectivity index (χ4n) is 3.14. The van der Waals surface area contributed by atoms with Crippen molar-refractivity contribution in [3.05, 3.63) is 48.0 Å². The molecule has 2 aromatic rings. The van der Waals surface area contributed by atoms with Gasteiger partial charge in [-0.2, -0.15) is 0 Å². The SMILES string of the molecule is COc1ccc(NC(N)=NCc2ccc(OC)c(OC3CCCC3)c2)cc1.I. The summed E-state index contributed by atoms with van der Waals surface area (Å²) >= 11 is 0. The summed E-state index contributed by atoms with van der Waals surface area (Å²) in [5.74, 6) is 2.68. The Morgan fingerprint density at radius 3 is 2.39 bits per heavy atom. The maximum Gasteiger partial charge on any atom is 0.193 e. The van der Waals surface area contributed by atoms with Crippen LogP contribution in [0.3, 0.4) is 0 Å². The van der Waals surface area contributed by atoms with E-state index in [1.54, 1.807) is 14.2 Å². The fraction of sp³-hybridized carbons (Fsp3) is 0.381. The van der Waals surface area contributed by atoms with Gasteiger partial charge in [0.25, 0.3) is 0 Å². The van der Waals surface area contributed by atoms with E-state index in [4.69, 9.17) is 19.9 Å². The molecule has 0 aromatic heterocycles. The molecule has 0 heterocycles. The number of halogens is 1. The van der Waals surface area contributed by atoms with Crippen LogP contribution >= 0.6 is 24.0 Å². The molecule has 2 aromatic carbocycles. The largest absolute Gasteiger partial charge is 0.497 e. The number of hydrogen-bond acceptors (Lipinski definition) is 4. The molecule has 0 saturated heterocycles. The maximum atomic E-state index is 6.13. The lowest BCUT2D eigenvalue weighted by Crippen LogP contribution is -2.22. The van der Waals surface area contributed by atoms with Crippen molar-refractivity contribution in [1.29, 1.82) is 0 Å². The average Bonchev–Trinajstić information content (AvgIpc) is 3.20. The van der Waals surface area contributed by atoms with E-state index in [1.807, 2.05) is 42.5 Å². The molecule has 1 fully saturated rings. The summed E-state index contributed by atoms with van der Waals surface area (Å²) < 4.78 is 16.7. The highest BCUT2D eigenvalue weighted by molar-refractivity contribution is 14.0. The Balaban J connectivity index is 0.00000280. The first-order chi connectivity index (χ1) is 13.2. The molecule has 1 saturated carbocycles. The number of hydrogen-bond donors (Lipinski definition) is 2. The van der Waals surface area contributed by atoms with Crippen LogP contribution in [0.4, 0.5) is 5.69 Å². The Labute approximate surface area is 183 Å². The van der Waals surface area contributed by atoms with Crippen LogP contribution in [-0.4, -0.2) is 26.3 Å². The third kappa shape index (κ3) is 6.19. The van der Waals surface area contributed by atoms with E-state index in [2.05, 4.69) is 10.3 Å². The van der Waals surface area contributed by atoms with Crippen molar-refractivity contribution >= 4 is 35.6 Å². The number of benzene rings is 2. The molecule has 6 nitrogen and oxygen atoms in total. The van der Waals surface area contributed by atoms with E-state index in [0.29, 0.717) is 12.5 Å². The molecular weight excluding hydrogens is 469 g/mol. The van der Waals surface area contributed by atoms with E-state index in [9.17, 15) is 0 Å². The zero-order valence-electron chi connectivity index (χ0n) is 16.3. The second kappa shape index (κ2) is 11.0. The number of nitrogens with one attached hydrogen (secondary N) is 1. The number of methoxy groups -OCH3 is 2. The third-order valence-corrected chi connectivity index (χ3v) is 4.62. The Morgan fingerprint density at radius 1 is 1.04 bits per heavy atom. The van der Waals surface area contributed by atoms with Crippen molar-refractivity contribution in [3.63, 3.8) is 0 Å². The van der Waals surface area contributed by atoms with Crippen LogP contribution in [-0.2, 0) is 6.54 Å². The number of anilines is 1. The molecule has 3 rings (SSSR count). The topological polar surface area (TPSA) is 78.1 Å². The Bertz CT molecular complexity index is 775. The summed E-state index contributed by atoms with van der Waals surface area (Å²) in [6.45, 7) is 0.458. The third-order valence-electron chi connectivity index (χ3n) is 4.62. The lowest BCUT2D eigenvalue weighted by Gasteiger charge is -2.16. The second-order valence-electron chi connectivity index (χ2n) is 6.56. The molecule has 0 radical (unpaired) electrons. The molecule has 0 atom stereocenters. The first-order valence-corrected chi connectivity index (χ1v) is 9.22. The van der Waals surface area contributed by atoms with Gasteiger partial charge in [-0.3, -0.25) is 0 Å². The molecule has 0 bridgehead atoms. The monoisotopic (exact) mass is 497 g/mol. The summed E-state index contributed by atoms with van der Waals surface area (Å²) in [5, 5.41) is 3.08. The maximum absolute atomic E-state index is 6.13. The van der Waals surface area contributed by atoms with Gasteiger partial charge in [0.15, 0.2) is 17.5 Å². The van der Waals surface area contributed by atoms with E-state index >= 15 is 0 Å². The summed E-state index contributed by atoms with van der Waals surface area (Å²) in [5.41, 5.74) is 7.88. The van der Waals surface area contributed by atoms with Gasteiger partial charge in [-0.1, -0.05) is 6.07 Å². The number of guanidine groups is 1. The summed E-state index contributed by atoms with van der Waals surface area (Å²) in [6.07, 6.45) is 4.93. The Kier molecular flexibility index (Phi) is 8.69. The molecular formula is C21H28IN3O3. The van der Waals surface area contributed by atoms with Gasteiger partial charge in [0.1, 0.15) is 5.75 Å². The molecule has 7 heteroatoms. The average molecular weight is 497 g/mol. The van der Waals surface area contributed by atoms with Crippen molar-refractivity contribution in [1.82, 2.24) is 0 Å². The van der Waals surface area contributed by atoms with E-state index in [0.717, 1.165) is 41.3 Å². The molecule has 152 valence electrons. The van der Waals surface area contributed by atoms with Crippen LogP contribution in [0.25, 0.3) is 0 Å². The highest BCUT2D eigenvalue weighted by Crippen LogP contribution is 2.32. The van der Waals surface area contributed by atoms with Gasteiger partial charge in [0, 0.05) is 5.69 Å². The molecule has 28 heavy (non-hydrogen) atoms. The molecule has 0 aliphatic heterocycles. The van der Waals surface area contributed by atoms with Gasteiger partial charge >= 0.3 is 0 Å². The van der Waals surface area contributed by atoms with Crippen molar-refractivity contribution in [2.45, 2.75) is 38.3 Å². The van der Waals surface area contributed by atoms with Crippen LogP contribution in [0.1, 0.15) is 31.2 Å². The van der Waals surface area contributed by atoms with Crippen LogP contribution in [0.15, 0.2) is 47.5 Å². The van der Waals surface area contributed by atoms with E-state index < -0.39 is 0 Å². The van der Waals surface area contributed by atoms with Gasteiger partial charge in [-0.15, -0.1) is 24.0 Å². The van der Waals surface area contributed by atoms with E-state index in [-0.39, 0.29) is 30.1 Å². The van der Waals surface area contributed by atoms with Crippen LogP contribution in [0.2, 0.25) is 0 Å². The zero-order chi connectivity index (χ0) is 19.1. The Hall–Kier alpha value is -2.16. The minimum absolute atomic E-state index is 0. The number of nitrogens with zero attached hydrogens (tertiary/aromatic N) is 1. The van der Waals surface area contributed by atoms with Crippen molar-refractivity contribution in [2.75, 3.05) is 19.5 Å². The first-order valence-electron chi connectivity index (χ1n) is 9.22. The minimum atomic E-state index is 0. The lowest BCUT2D eigenvalue weighted by molar-refractivity contribution is 0.200. The lowest BCUT2D eigenvalue weighted by atomic mass is 10.2. The number of aliphatic imine (C=N–C) groups is 1. The number of ether oxygens (including phenoxy) is 3. The Morgan fingerprint density at radius 2 is 1.75 bits per heavy atom. The van der Waals surface area contributed by atoms with Crippen molar-refractivity contribution in [3.8, 4) is 17.2 Å². The summed E-state index contributed by atoms with van der Waals surface area (Å²) in [4.78, 5) is 4.42. The summed E-state index contributed by atoms with van der Waals surface area (Å²) in [6, 6.07) is 13.4. The predicted octanol–water partition coefficient (Wildman–Crippen LogP) is 4.57. The zero-order valence-corrected chi connectivity index (χ0v) is 18.6. The highest BCUT2D eigenvalue weighted by Gasteiger charge is 2.18. The normalized spacial score (nSPS) is 14.3. The van der Waals surface area contributed by atoms with Crippen LogP contribution in [0.5, 0.6) is 17.2 Å². The van der Waals surface area contributed by atoms with Gasteiger partial charge in [0.2, 0.25) is 0 Å². The number of nitrogens with two attached hydrogens (primary N) is 1. The quantitative estimate of drug-likeness (QED) is 0.333. The fourth-order valence-corrected chi connectivity index (χ4v) is 3.14. The standard InChI is InChI=1S/C21H27N3O3.HI/c1-25-17-10-8-16(9-11-17)24-21(22)23-14-15-7-12-19(26-2)20(13-15)27-18-5-3-4-6-18;/h7-13,18H,3-6,14H2,1-2H3,(H3,22,23,24);1H. The summed E-state index contributed by atoms with van der Waals surface area (Å²) in [7, 11) is 3.29. The first kappa shape index (κ1) is 22.1. The second-order valence-corrected chi connectivity index (χ2v) is 6.56. The van der Waals surface area contributed by atoms with Gasteiger partial charge in [-0.25, -0.2) is 4.99 Å². The molecule has 1 aliphatic carbocycles. The van der Waals surface area contributed by atoms with Crippen LogP contribution < -0.4 is 25.3 Å². The van der Waals surface area contributed by atoms with E-state index in [1.165, 1.54) is 12.8 Å². The predicted molar refractivity (Wildman–Crippen MR) is 123 cm³/mol. The number of rotatable bonds is 7. The smallest absolute Gasteiger partial charge is 0.193 e. The highest BCUT2D eigenvalue weighted by atomic mass is 127. The van der Waals surface area contributed by atoms with Crippen LogP contribution in [0, 0.1) is 0 Å². The minimum Gasteiger partial charge on any atom is -0.497 e. The van der Waals surface area contributed by atoms with Crippen molar-refractivity contribution < 1.29 is 14.2 Å². The van der Waals surface area contributed by atoms with Gasteiger partial charge in [-0.05, 0) is 67.6 Å².